The molecule has 0 spiro atoms. The van der Waals surface area contributed by atoms with E-state index in [9.17, 15) is 4.79 Å². The minimum atomic E-state index is -0.913. The van der Waals surface area contributed by atoms with Gasteiger partial charge in [-0.3, -0.25) is 4.68 Å². The summed E-state index contributed by atoms with van der Waals surface area (Å²) < 4.78 is 1.56. The first-order chi connectivity index (χ1) is 5.13. The maximum absolute atomic E-state index is 10.5. The van der Waals surface area contributed by atoms with Gasteiger partial charge in [-0.05, 0) is 12.1 Å². The summed E-state index contributed by atoms with van der Waals surface area (Å²) in [7, 11) is 3.57. The maximum Gasteiger partial charge on any atom is 0.354 e. The molecule has 0 aliphatic rings. The number of hydrogen-bond acceptors (Lipinski definition) is 2. The number of carboxylic acid groups (broad SMARTS) is 1. The molecular weight excluding hydrogens is 144 g/mol. The van der Waals surface area contributed by atoms with Crippen molar-refractivity contribution in [1.82, 2.24) is 4.68 Å². The van der Waals surface area contributed by atoms with E-state index in [0.717, 1.165) is 0 Å². The van der Waals surface area contributed by atoms with Gasteiger partial charge in [-0.15, -0.1) is 0 Å². The molecule has 0 atom stereocenters. The van der Waals surface area contributed by atoms with Gasteiger partial charge in [0.2, 0.25) is 0 Å². The van der Waals surface area contributed by atoms with E-state index >= 15 is 0 Å². The van der Waals surface area contributed by atoms with Crippen LogP contribution in [-0.2, 0) is 0 Å². The molecule has 0 aliphatic carbocycles. The summed E-state index contributed by atoms with van der Waals surface area (Å²) in [5.41, 5.74) is 0.273. The zero-order valence-corrected chi connectivity index (χ0v) is 6.48. The normalized spacial score (nSPS) is 9.64. The van der Waals surface area contributed by atoms with Crippen LogP contribution in [0, 0.1) is 0 Å². The number of carbonyl (C=O) groups is 1. The van der Waals surface area contributed by atoms with E-state index in [1.807, 2.05) is 0 Å². The monoisotopic (exact) mass is 154 g/mol. The Bertz CT molecular complexity index is 265. The van der Waals surface area contributed by atoms with Gasteiger partial charge >= 0.3 is 5.97 Å². The highest BCUT2D eigenvalue weighted by atomic mass is 16.4. The number of carboxylic acids is 1. The molecule has 4 nitrogen and oxygen atoms in total. The molecule has 1 heterocycles. The lowest BCUT2D eigenvalue weighted by Crippen LogP contribution is -2.27. The minimum absolute atomic E-state index is 0.273. The highest BCUT2D eigenvalue weighted by molar-refractivity contribution is 5.85. The first-order valence-electron chi connectivity index (χ1n) is 3.21. The van der Waals surface area contributed by atoms with Crippen molar-refractivity contribution in [2.75, 3.05) is 19.1 Å². The average molecular weight is 154 g/mol. The van der Waals surface area contributed by atoms with Crippen LogP contribution in [0.4, 0.5) is 0 Å². The minimum Gasteiger partial charge on any atom is -0.477 e. The van der Waals surface area contributed by atoms with Gasteiger partial charge < -0.3 is 10.1 Å². The summed E-state index contributed by atoms with van der Waals surface area (Å²) in [5.74, 6) is -0.913. The van der Waals surface area contributed by atoms with Gasteiger partial charge in [0.15, 0.2) is 0 Å². The van der Waals surface area contributed by atoms with Crippen molar-refractivity contribution in [2.45, 2.75) is 0 Å². The molecule has 0 unspecified atom stereocenters. The molecule has 0 saturated carbocycles. The lowest BCUT2D eigenvalue weighted by molar-refractivity contribution is 0.0685. The molecular formula is C7H10N2O2. The van der Waals surface area contributed by atoms with E-state index in [1.54, 1.807) is 42.1 Å². The lowest BCUT2D eigenvalue weighted by Gasteiger charge is -2.15. The maximum atomic E-state index is 10.5. The van der Waals surface area contributed by atoms with E-state index in [1.165, 1.54) is 0 Å². The molecule has 1 aromatic rings. The SMILES string of the molecule is CN(C)n1cccc1C(=O)O. The molecule has 0 aromatic carbocycles. The molecule has 1 rings (SSSR count). The van der Waals surface area contributed by atoms with Gasteiger partial charge in [0.05, 0.1) is 0 Å². The largest absolute Gasteiger partial charge is 0.477 e. The van der Waals surface area contributed by atoms with Crippen molar-refractivity contribution in [2.24, 2.45) is 0 Å². The molecule has 0 aliphatic heterocycles. The van der Waals surface area contributed by atoms with Crippen LogP contribution in [0.25, 0.3) is 0 Å². The number of aromatic carboxylic acids is 1. The summed E-state index contributed by atoms with van der Waals surface area (Å²) in [5, 5.41) is 10.4. The third-order valence-corrected chi connectivity index (χ3v) is 1.38. The van der Waals surface area contributed by atoms with Crippen LogP contribution in [0.1, 0.15) is 10.5 Å². The summed E-state index contributed by atoms with van der Waals surface area (Å²) in [6.07, 6.45) is 1.70. The van der Waals surface area contributed by atoms with E-state index in [0.29, 0.717) is 0 Å². The predicted molar refractivity (Wildman–Crippen MR) is 41.5 cm³/mol. The Kier molecular flexibility index (Phi) is 1.85. The Morgan fingerprint density at radius 3 is 2.64 bits per heavy atom. The zero-order valence-electron chi connectivity index (χ0n) is 6.48. The summed E-state index contributed by atoms with van der Waals surface area (Å²) in [6, 6.07) is 3.26. The molecule has 0 bridgehead atoms. The van der Waals surface area contributed by atoms with Crippen LogP contribution < -0.4 is 5.01 Å². The van der Waals surface area contributed by atoms with Crippen LogP contribution >= 0.6 is 0 Å². The highest BCUT2D eigenvalue weighted by Gasteiger charge is 2.08. The number of rotatable bonds is 2. The topological polar surface area (TPSA) is 45.5 Å². The van der Waals surface area contributed by atoms with Crippen molar-refractivity contribution in [3.63, 3.8) is 0 Å². The quantitative estimate of drug-likeness (QED) is 0.670. The third kappa shape index (κ3) is 1.34. The second kappa shape index (κ2) is 2.65. The Balaban J connectivity index is 3.06. The Morgan fingerprint density at radius 1 is 1.64 bits per heavy atom. The predicted octanol–water partition coefficient (Wildman–Crippen LogP) is 0.384. The van der Waals surface area contributed by atoms with Crippen molar-refractivity contribution in [3.05, 3.63) is 24.0 Å². The average Bonchev–Trinajstić information content (AvgIpc) is 2.32. The van der Waals surface area contributed by atoms with Gasteiger partial charge in [-0.2, -0.15) is 0 Å². The second-order valence-electron chi connectivity index (χ2n) is 2.39. The lowest BCUT2D eigenvalue weighted by atomic mass is 10.4. The van der Waals surface area contributed by atoms with Crippen molar-refractivity contribution in [3.8, 4) is 0 Å². The van der Waals surface area contributed by atoms with E-state index < -0.39 is 5.97 Å². The first-order valence-corrected chi connectivity index (χ1v) is 3.21. The van der Waals surface area contributed by atoms with Crippen LogP contribution in [-0.4, -0.2) is 29.8 Å². The first kappa shape index (κ1) is 7.65. The molecule has 1 N–H and O–H groups in total. The van der Waals surface area contributed by atoms with Crippen LogP contribution in [0.2, 0.25) is 0 Å². The van der Waals surface area contributed by atoms with Gasteiger partial charge in [0, 0.05) is 20.3 Å². The third-order valence-electron chi connectivity index (χ3n) is 1.38. The molecule has 60 valence electrons. The molecule has 4 heteroatoms. The van der Waals surface area contributed by atoms with Crippen molar-refractivity contribution in [1.29, 1.82) is 0 Å². The van der Waals surface area contributed by atoms with Crippen molar-refractivity contribution >= 4 is 5.97 Å². The zero-order chi connectivity index (χ0) is 8.43. The Morgan fingerprint density at radius 2 is 2.27 bits per heavy atom. The summed E-state index contributed by atoms with van der Waals surface area (Å²) >= 11 is 0. The van der Waals surface area contributed by atoms with Gasteiger partial charge in [0.25, 0.3) is 0 Å². The van der Waals surface area contributed by atoms with Crippen LogP contribution in [0.3, 0.4) is 0 Å². The van der Waals surface area contributed by atoms with Crippen LogP contribution in [0.5, 0.6) is 0 Å². The van der Waals surface area contributed by atoms with E-state index in [4.69, 9.17) is 5.11 Å². The van der Waals surface area contributed by atoms with Gasteiger partial charge in [-0.25, -0.2) is 4.79 Å². The molecule has 0 fully saturated rings. The van der Waals surface area contributed by atoms with Gasteiger partial charge in [0.1, 0.15) is 5.69 Å². The number of hydrogen-bond donors (Lipinski definition) is 1. The smallest absolute Gasteiger partial charge is 0.354 e. The number of aromatic nitrogens is 1. The molecule has 11 heavy (non-hydrogen) atoms. The fourth-order valence-electron chi connectivity index (χ4n) is 0.890. The summed E-state index contributed by atoms with van der Waals surface area (Å²) in [4.78, 5) is 10.5. The van der Waals surface area contributed by atoms with Crippen molar-refractivity contribution < 1.29 is 9.90 Å². The Labute approximate surface area is 64.6 Å². The Hall–Kier alpha value is -1.45. The fraction of sp³-hybridized carbons (Fsp3) is 0.286. The second-order valence-corrected chi connectivity index (χ2v) is 2.39. The molecule has 0 amide bonds. The summed E-state index contributed by atoms with van der Waals surface area (Å²) in [6.45, 7) is 0. The van der Waals surface area contributed by atoms with E-state index in [-0.39, 0.29) is 5.69 Å². The molecule has 1 aromatic heterocycles. The highest BCUT2D eigenvalue weighted by Crippen LogP contribution is 2.00. The molecule has 0 radical (unpaired) electrons. The number of nitrogens with zero attached hydrogens (tertiary/aromatic N) is 2. The van der Waals surface area contributed by atoms with Crippen LogP contribution in [0.15, 0.2) is 18.3 Å². The molecule has 0 saturated heterocycles. The standard InChI is InChI=1S/C7H10N2O2/c1-8(2)9-5-3-4-6(9)7(10)11/h3-5H,1-2H3,(H,10,11). The van der Waals surface area contributed by atoms with E-state index in [2.05, 4.69) is 0 Å². The van der Waals surface area contributed by atoms with Gasteiger partial charge in [-0.1, -0.05) is 0 Å². The fourth-order valence-corrected chi connectivity index (χ4v) is 0.890.